The van der Waals surface area contributed by atoms with Gasteiger partial charge in [-0.1, -0.05) is 6.58 Å². The lowest BCUT2D eigenvalue weighted by atomic mass is 10.3. The second-order valence-electron chi connectivity index (χ2n) is 4.42. The maximum atomic E-state index is 11.3. The Morgan fingerprint density at radius 1 is 1.19 bits per heavy atom. The molecule has 114 valence electrons. The highest BCUT2D eigenvalue weighted by molar-refractivity contribution is 5.86. The van der Waals surface area contributed by atoms with Gasteiger partial charge in [-0.05, 0) is 31.2 Å². The van der Waals surface area contributed by atoms with Crippen LogP contribution in [0.25, 0.3) is 0 Å². The van der Waals surface area contributed by atoms with E-state index in [-0.39, 0.29) is 24.5 Å². The third-order valence-electron chi connectivity index (χ3n) is 2.35. The topological polar surface area (TPSA) is 82.1 Å². The van der Waals surface area contributed by atoms with Crippen molar-refractivity contribution < 1.29 is 28.9 Å². The molecule has 1 rings (SSSR count). The lowest BCUT2D eigenvalue weighted by molar-refractivity contribution is -0.157. The smallest absolute Gasteiger partial charge is 0.333 e. The molecule has 0 aromatic heterocycles. The minimum absolute atomic E-state index is 0.0217. The molecule has 6 heteroatoms. The molecule has 0 aliphatic carbocycles. The molecule has 1 unspecified atom stereocenters. The number of aromatic hydroxyl groups is 1. The molecule has 0 saturated carbocycles. The maximum absolute atomic E-state index is 11.3. The number of carbonyl (C=O) groups excluding carboxylic acids is 2. The molecule has 0 saturated heterocycles. The molecule has 0 spiro atoms. The highest BCUT2D eigenvalue weighted by Crippen LogP contribution is 2.16. The summed E-state index contributed by atoms with van der Waals surface area (Å²) in [5.74, 6) is -0.442. The van der Waals surface area contributed by atoms with Crippen LogP contribution in [-0.4, -0.2) is 36.4 Å². The molecule has 21 heavy (non-hydrogen) atoms. The van der Waals surface area contributed by atoms with Crippen LogP contribution < -0.4 is 4.74 Å². The van der Waals surface area contributed by atoms with Crippen LogP contribution in [0.5, 0.6) is 11.5 Å². The predicted octanol–water partition coefficient (Wildman–Crippen LogP) is 1.82. The summed E-state index contributed by atoms with van der Waals surface area (Å²) in [6, 6.07) is 6.08. The summed E-state index contributed by atoms with van der Waals surface area (Å²) in [5.41, 5.74) is 0.260. The standard InChI is InChI=1S/C15H18O6/c1-10(2)15(18)20-9-14(21-11(3)16)8-19-13-6-4-12(17)5-7-13/h4-7,14,17H,1,8-9H2,2-3H3. The van der Waals surface area contributed by atoms with Crippen LogP contribution in [0.2, 0.25) is 0 Å². The Morgan fingerprint density at radius 3 is 2.33 bits per heavy atom. The van der Waals surface area contributed by atoms with Gasteiger partial charge in [0, 0.05) is 12.5 Å². The second kappa shape index (κ2) is 7.94. The van der Waals surface area contributed by atoms with Gasteiger partial charge < -0.3 is 19.3 Å². The number of benzene rings is 1. The summed E-state index contributed by atoms with van der Waals surface area (Å²) >= 11 is 0. The van der Waals surface area contributed by atoms with Gasteiger partial charge in [-0.15, -0.1) is 0 Å². The van der Waals surface area contributed by atoms with Gasteiger partial charge in [0.1, 0.15) is 24.7 Å². The highest BCUT2D eigenvalue weighted by Gasteiger charge is 2.16. The van der Waals surface area contributed by atoms with Crippen molar-refractivity contribution in [2.24, 2.45) is 0 Å². The molecule has 1 aromatic carbocycles. The highest BCUT2D eigenvalue weighted by atomic mass is 16.6. The van der Waals surface area contributed by atoms with Crippen LogP contribution in [0.1, 0.15) is 13.8 Å². The Morgan fingerprint density at radius 2 is 1.81 bits per heavy atom. The Kier molecular flexibility index (Phi) is 6.26. The molecule has 0 bridgehead atoms. The second-order valence-corrected chi connectivity index (χ2v) is 4.42. The van der Waals surface area contributed by atoms with Gasteiger partial charge in [-0.25, -0.2) is 4.79 Å². The summed E-state index contributed by atoms with van der Waals surface area (Å²) in [6.07, 6.45) is -0.723. The van der Waals surface area contributed by atoms with Gasteiger partial charge >= 0.3 is 11.9 Å². The molecule has 1 N–H and O–H groups in total. The van der Waals surface area contributed by atoms with Gasteiger partial charge in [0.15, 0.2) is 6.10 Å². The summed E-state index contributed by atoms with van der Waals surface area (Å²) in [5, 5.41) is 9.16. The minimum Gasteiger partial charge on any atom is -0.508 e. The number of phenolic OH excluding ortho intramolecular Hbond substituents is 1. The fourth-order valence-corrected chi connectivity index (χ4v) is 1.37. The van der Waals surface area contributed by atoms with Crippen LogP contribution in [0.15, 0.2) is 36.4 Å². The largest absolute Gasteiger partial charge is 0.508 e. The number of esters is 2. The monoisotopic (exact) mass is 294 g/mol. The Bertz CT molecular complexity index is 505. The molecule has 0 fully saturated rings. The molecule has 6 nitrogen and oxygen atoms in total. The SMILES string of the molecule is C=C(C)C(=O)OCC(COc1ccc(O)cc1)OC(C)=O. The van der Waals surface area contributed by atoms with Crippen LogP contribution >= 0.6 is 0 Å². The van der Waals surface area contributed by atoms with E-state index in [4.69, 9.17) is 19.3 Å². The van der Waals surface area contributed by atoms with E-state index in [1.54, 1.807) is 12.1 Å². The molecule has 0 heterocycles. The first-order valence-corrected chi connectivity index (χ1v) is 6.30. The van der Waals surface area contributed by atoms with Crippen LogP contribution in [0, 0.1) is 0 Å². The van der Waals surface area contributed by atoms with Gasteiger partial charge in [-0.3, -0.25) is 4.79 Å². The number of carbonyl (C=O) groups is 2. The fraction of sp³-hybridized carbons (Fsp3) is 0.333. The number of hydrogen-bond acceptors (Lipinski definition) is 6. The number of ether oxygens (including phenoxy) is 3. The van der Waals surface area contributed by atoms with Crippen LogP contribution in [0.4, 0.5) is 0 Å². The molecule has 1 atom stereocenters. The van der Waals surface area contributed by atoms with E-state index in [1.807, 2.05) is 0 Å². The molecule has 1 aromatic rings. The van der Waals surface area contributed by atoms with Crippen molar-refractivity contribution in [1.29, 1.82) is 0 Å². The maximum Gasteiger partial charge on any atom is 0.333 e. The lowest BCUT2D eigenvalue weighted by Crippen LogP contribution is -2.30. The summed E-state index contributed by atoms with van der Waals surface area (Å²) in [6.45, 7) is 6.14. The van der Waals surface area contributed by atoms with Gasteiger partial charge in [-0.2, -0.15) is 0 Å². The zero-order valence-electron chi connectivity index (χ0n) is 12.0. The van der Waals surface area contributed by atoms with E-state index in [0.29, 0.717) is 5.75 Å². The summed E-state index contributed by atoms with van der Waals surface area (Å²) < 4.78 is 15.4. The Hall–Kier alpha value is -2.50. The minimum atomic E-state index is -0.723. The van der Waals surface area contributed by atoms with Gasteiger partial charge in [0.05, 0.1) is 0 Å². The fourth-order valence-electron chi connectivity index (χ4n) is 1.37. The van der Waals surface area contributed by atoms with E-state index in [0.717, 1.165) is 0 Å². The molecule has 0 radical (unpaired) electrons. The van der Waals surface area contributed by atoms with Gasteiger partial charge in [0.2, 0.25) is 0 Å². The van der Waals surface area contributed by atoms with Crippen molar-refractivity contribution in [3.63, 3.8) is 0 Å². The summed E-state index contributed by atoms with van der Waals surface area (Å²) in [4.78, 5) is 22.3. The first kappa shape index (κ1) is 16.6. The quantitative estimate of drug-likeness (QED) is 0.610. The molecule has 0 aliphatic rings. The number of phenols is 1. The van der Waals surface area contributed by atoms with Crippen LogP contribution in [-0.2, 0) is 19.1 Å². The third kappa shape index (κ3) is 6.47. The summed E-state index contributed by atoms with van der Waals surface area (Å²) in [7, 11) is 0. The van der Waals surface area contributed by atoms with Crippen molar-refractivity contribution in [3.05, 3.63) is 36.4 Å². The average Bonchev–Trinajstić information content (AvgIpc) is 2.42. The number of hydrogen-bond donors (Lipinski definition) is 1. The van der Waals surface area contributed by atoms with Gasteiger partial charge in [0.25, 0.3) is 0 Å². The number of rotatable bonds is 7. The zero-order valence-corrected chi connectivity index (χ0v) is 12.0. The van der Waals surface area contributed by atoms with E-state index in [9.17, 15) is 9.59 Å². The Balaban J connectivity index is 2.53. The van der Waals surface area contributed by atoms with Crippen molar-refractivity contribution in [3.8, 4) is 11.5 Å². The van der Waals surface area contributed by atoms with E-state index < -0.39 is 18.0 Å². The van der Waals surface area contributed by atoms with Crippen molar-refractivity contribution in [2.75, 3.05) is 13.2 Å². The van der Waals surface area contributed by atoms with Crippen molar-refractivity contribution >= 4 is 11.9 Å². The predicted molar refractivity (Wildman–Crippen MR) is 74.9 cm³/mol. The zero-order chi connectivity index (χ0) is 15.8. The lowest BCUT2D eigenvalue weighted by Gasteiger charge is -2.17. The first-order chi connectivity index (χ1) is 9.88. The van der Waals surface area contributed by atoms with Crippen LogP contribution in [0.3, 0.4) is 0 Å². The normalized spacial score (nSPS) is 11.3. The van der Waals surface area contributed by atoms with E-state index in [1.165, 1.54) is 26.0 Å². The van der Waals surface area contributed by atoms with Crippen molar-refractivity contribution in [1.82, 2.24) is 0 Å². The Labute approximate surface area is 122 Å². The van der Waals surface area contributed by atoms with E-state index in [2.05, 4.69) is 6.58 Å². The molecular weight excluding hydrogens is 276 g/mol. The van der Waals surface area contributed by atoms with Crippen molar-refractivity contribution in [2.45, 2.75) is 20.0 Å². The molecule has 0 aliphatic heterocycles. The first-order valence-electron chi connectivity index (χ1n) is 6.30. The third-order valence-corrected chi connectivity index (χ3v) is 2.35. The molecular formula is C15H18O6. The average molecular weight is 294 g/mol. The van der Waals surface area contributed by atoms with E-state index >= 15 is 0 Å². The molecule has 0 amide bonds.